The molecule has 0 spiro atoms. The Bertz CT molecular complexity index is 849. The monoisotopic (exact) mass is 526 g/mol. The Morgan fingerprint density at radius 3 is 1.30 bits per heavy atom. The Balaban J connectivity index is 6.47. The Morgan fingerprint density at radius 1 is 0.667 bits per heavy atom. The first-order valence-corrected chi connectivity index (χ1v) is 8.69. The highest BCUT2D eigenvalue weighted by atomic mass is 32.2. The van der Waals surface area contributed by atoms with Gasteiger partial charge in [0.1, 0.15) is 0 Å². The lowest BCUT2D eigenvalue weighted by atomic mass is 10.2. The Kier molecular flexibility index (Phi) is 7.17. The maximum Gasteiger partial charge on any atom is 0.460 e. The lowest BCUT2D eigenvalue weighted by molar-refractivity contribution is -0.522. The van der Waals surface area contributed by atoms with Crippen LogP contribution in [-0.2, 0) is 29.7 Å². The van der Waals surface area contributed by atoms with Crippen molar-refractivity contribution in [2.24, 2.45) is 0 Å². The van der Waals surface area contributed by atoms with Gasteiger partial charge in [-0.15, -0.1) is 0 Å². The third kappa shape index (κ3) is 4.84. The molecule has 2 unspecified atom stereocenters. The number of rotatable bonds is 9. The van der Waals surface area contributed by atoms with Crippen LogP contribution in [0.15, 0.2) is 0 Å². The fourth-order valence-electron chi connectivity index (χ4n) is 1.06. The zero-order chi connectivity index (χ0) is 25.0. The molecule has 0 radical (unpaired) electrons. The number of ether oxygens (including phenoxy) is 2. The van der Waals surface area contributed by atoms with E-state index in [1.54, 1.807) is 4.74 Å². The molecule has 0 heterocycles. The molecular formula is C7H3F13O8S2. The van der Waals surface area contributed by atoms with Crippen LogP contribution in [0.5, 0.6) is 0 Å². The van der Waals surface area contributed by atoms with Crippen molar-refractivity contribution >= 4 is 20.2 Å². The highest BCUT2D eigenvalue weighted by Crippen LogP contribution is 2.53. The predicted octanol–water partition coefficient (Wildman–Crippen LogP) is 2.69. The summed E-state index contributed by atoms with van der Waals surface area (Å²) in [5, 5.41) is -13.9. The van der Waals surface area contributed by atoms with Crippen molar-refractivity contribution in [1.29, 1.82) is 0 Å². The molecule has 30 heavy (non-hydrogen) atoms. The third-order valence-corrected chi connectivity index (χ3v) is 4.29. The summed E-state index contributed by atoms with van der Waals surface area (Å²) in [6, 6.07) is 0. The van der Waals surface area contributed by atoms with Gasteiger partial charge in [-0.3, -0.25) is 18.6 Å². The number of alkyl halides is 13. The topological polar surface area (TPSA) is 127 Å². The van der Waals surface area contributed by atoms with Crippen molar-refractivity contribution < 1.29 is 92.5 Å². The summed E-state index contributed by atoms with van der Waals surface area (Å²) in [5.41, 5.74) is 0. The van der Waals surface area contributed by atoms with Crippen molar-refractivity contribution in [1.82, 2.24) is 0 Å². The summed E-state index contributed by atoms with van der Waals surface area (Å²) < 4.78 is 227. The average Bonchev–Trinajstić information content (AvgIpc) is 2.41. The standard InChI is InChI=1S/C7H3F13O8S2/c8-1(2(9,10)29(21,22)23)27-5(15,16)3(11,4(12,13)14)28-6(17,18)7(19,20)30(24,25)26/h1H,(H,21,22,23)(H,24,25,26). The minimum absolute atomic E-state index is 1.43. The third-order valence-electron chi connectivity index (χ3n) is 2.53. The summed E-state index contributed by atoms with van der Waals surface area (Å²) in [5.74, 6) is -7.79. The molecule has 2 atom stereocenters. The zero-order valence-corrected chi connectivity index (χ0v) is 14.3. The van der Waals surface area contributed by atoms with Gasteiger partial charge in [0.05, 0.1) is 0 Å². The van der Waals surface area contributed by atoms with Crippen LogP contribution in [0.3, 0.4) is 0 Å². The lowest BCUT2D eigenvalue weighted by Gasteiger charge is -2.37. The van der Waals surface area contributed by atoms with E-state index in [9.17, 15) is 73.9 Å². The molecule has 2 N–H and O–H groups in total. The smallest absolute Gasteiger partial charge is 0.281 e. The van der Waals surface area contributed by atoms with E-state index in [1.807, 2.05) is 0 Å². The van der Waals surface area contributed by atoms with Crippen molar-refractivity contribution in [3.05, 3.63) is 0 Å². The van der Waals surface area contributed by atoms with E-state index in [2.05, 4.69) is 0 Å². The molecule has 182 valence electrons. The zero-order valence-electron chi connectivity index (χ0n) is 12.7. The molecule has 8 nitrogen and oxygen atoms in total. The van der Waals surface area contributed by atoms with Crippen LogP contribution in [0.4, 0.5) is 57.1 Å². The molecule has 0 aliphatic rings. The Labute approximate surface area is 155 Å². The van der Waals surface area contributed by atoms with Gasteiger partial charge in [-0.2, -0.15) is 69.5 Å². The first-order chi connectivity index (χ1) is 12.6. The van der Waals surface area contributed by atoms with Crippen LogP contribution in [-0.4, -0.2) is 67.1 Å². The summed E-state index contributed by atoms with van der Waals surface area (Å²) in [6.07, 6.45) is -28.6. The number of hydrogen-bond donors (Lipinski definition) is 2. The van der Waals surface area contributed by atoms with Crippen LogP contribution in [0.25, 0.3) is 0 Å². The molecule has 0 aromatic heterocycles. The van der Waals surface area contributed by atoms with Crippen molar-refractivity contribution in [3.63, 3.8) is 0 Å². The first-order valence-electron chi connectivity index (χ1n) is 5.81. The van der Waals surface area contributed by atoms with Crippen LogP contribution < -0.4 is 0 Å². The quantitative estimate of drug-likeness (QED) is 0.347. The van der Waals surface area contributed by atoms with Crippen molar-refractivity contribution in [2.75, 3.05) is 0 Å². The lowest BCUT2D eigenvalue weighted by Crippen LogP contribution is -2.65. The molecule has 0 aromatic carbocycles. The normalized spacial score (nSPS) is 18.8. The molecule has 0 amide bonds. The molecule has 0 fully saturated rings. The maximum atomic E-state index is 13.6. The minimum Gasteiger partial charge on any atom is -0.281 e. The second-order valence-corrected chi connectivity index (χ2v) is 7.65. The molecular weight excluding hydrogens is 523 g/mol. The van der Waals surface area contributed by atoms with Gasteiger partial charge in [-0.25, -0.2) is 4.39 Å². The van der Waals surface area contributed by atoms with Crippen molar-refractivity contribution in [2.45, 2.75) is 41.1 Å². The molecule has 0 aromatic rings. The molecule has 0 bridgehead atoms. The second kappa shape index (κ2) is 7.46. The van der Waals surface area contributed by atoms with Crippen molar-refractivity contribution in [3.8, 4) is 0 Å². The van der Waals surface area contributed by atoms with Gasteiger partial charge >= 0.3 is 55.0 Å². The van der Waals surface area contributed by atoms with Crippen LogP contribution >= 0.6 is 0 Å². The number of hydrogen-bond acceptors (Lipinski definition) is 6. The molecule has 0 rings (SSSR count). The van der Waals surface area contributed by atoms with Gasteiger partial charge in [0.2, 0.25) is 0 Å². The van der Waals surface area contributed by atoms with Gasteiger partial charge in [-0.05, 0) is 0 Å². The highest BCUT2D eigenvalue weighted by molar-refractivity contribution is 7.87. The summed E-state index contributed by atoms with van der Waals surface area (Å²) in [4.78, 5) is 0. The van der Waals surface area contributed by atoms with E-state index in [4.69, 9.17) is 9.11 Å². The Hall–Kier alpha value is -1.17. The van der Waals surface area contributed by atoms with Gasteiger partial charge < -0.3 is 0 Å². The van der Waals surface area contributed by atoms with Gasteiger partial charge in [0, 0.05) is 0 Å². The number of halogens is 13. The van der Waals surface area contributed by atoms with Gasteiger partial charge in [-0.1, -0.05) is 0 Å². The summed E-state index contributed by atoms with van der Waals surface area (Å²) >= 11 is 0. The van der Waals surface area contributed by atoms with Crippen LogP contribution in [0.1, 0.15) is 0 Å². The largest absolute Gasteiger partial charge is 0.460 e. The minimum atomic E-state index is -7.79. The fraction of sp³-hybridized carbons (Fsp3) is 1.00. The van der Waals surface area contributed by atoms with Gasteiger partial charge in [0.25, 0.3) is 6.36 Å². The van der Waals surface area contributed by atoms with Crippen LogP contribution in [0.2, 0.25) is 0 Å². The maximum absolute atomic E-state index is 13.6. The molecule has 0 aliphatic heterocycles. The van der Waals surface area contributed by atoms with E-state index < -0.39 is 61.4 Å². The van der Waals surface area contributed by atoms with E-state index >= 15 is 0 Å². The second-order valence-electron chi connectivity index (χ2n) is 4.69. The van der Waals surface area contributed by atoms with E-state index in [1.165, 1.54) is 4.74 Å². The summed E-state index contributed by atoms with van der Waals surface area (Å²) in [7, 11) is -14.6. The van der Waals surface area contributed by atoms with Crippen LogP contribution in [0, 0.1) is 0 Å². The van der Waals surface area contributed by atoms with E-state index in [-0.39, 0.29) is 0 Å². The fourth-order valence-corrected chi connectivity index (χ4v) is 1.68. The predicted molar refractivity (Wildman–Crippen MR) is 59.8 cm³/mol. The average molecular weight is 526 g/mol. The van der Waals surface area contributed by atoms with E-state index in [0.29, 0.717) is 0 Å². The summed E-state index contributed by atoms with van der Waals surface area (Å²) in [6.45, 7) is 0. The molecule has 23 heteroatoms. The highest BCUT2D eigenvalue weighted by Gasteiger charge is 2.82. The molecule has 0 aliphatic carbocycles. The SMILES string of the molecule is O=S(=O)(O)C(F)(F)C(F)OC(F)(F)C(F)(OC(F)(F)C(F)(F)S(=O)(=O)O)C(F)(F)F. The molecule has 0 saturated carbocycles. The first kappa shape index (κ1) is 28.8. The Morgan fingerprint density at radius 2 is 1.03 bits per heavy atom. The van der Waals surface area contributed by atoms with E-state index in [0.717, 1.165) is 0 Å². The van der Waals surface area contributed by atoms with Gasteiger partial charge in [0.15, 0.2) is 0 Å². The molecule has 0 saturated heterocycles.